The first-order valence-electron chi connectivity index (χ1n) is 9.54. The fraction of sp³-hybridized carbons (Fsp3) is 0.600. The maximum atomic E-state index is 13.5. The van der Waals surface area contributed by atoms with Crippen LogP contribution in [0, 0.1) is 17.2 Å². The molecule has 3 atom stereocenters. The molecule has 4 nitrogen and oxygen atoms in total. The summed E-state index contributed by atoms with van der Waals surface area (Å²) in [6, 6.07) is 4.52. The van der Waals surface area contributed by atoms with E-state index in [4.69, 9.17) is 0 Å². The highest BCUT2D eigenvalue weighted by Crippen LogP contribution is 2.50. The monoisotopic (exact) mass is 380 g/mol. The van der Waals surface area contributed by atoms with E-state index in [2.05, 4.69) is 5.32 Å². The Bertz CT molecular complexity index is 769. The number of likely N-dealkylation sites (tertiary alicyclic amines) is 1. The molecule has 0 aromatic heterocycles. The molecule has 1 saturated heterocycles. The summed E-state index contributed by atoms with van der Waals surface area (Å²) >= 11 is 0. The highest BCUT2D eigenvalue weighted by atomic mass is 19.3. The highest BCUT2D eigenvalue weighted by Gasteiger charge is 2.54. The summed E-state index contributed by atoms with van der Waals surface area (Å²) in [6.45, 7) is 0.917. The largest absolute Gasteiger partial charge is 0.347 e. The van der Waals surface area contributed by atoms with Crippen molar-refractivity contribution in [3.05, 3.63) is 35.6 Å². The molecular weight excluding hydrogens is 357 g/mol. The van der Waals surface area contributed by atoms with Gasteiger partial charge in [-0.15, -0.1) is 0 Å². The number of hydrogen-bond acceptors (Lipinski definition) is 2. The minimum atomic E-state index is -2.81. The van der Waals surface area contributed by atoms with Crippen LogP contribution < -0.4 is 5.32 Å². The van der Waals surface area contributed by atoms with Gasteiger partial charge < -0.3 is 10.2 Å². The van der Waals surface area contributed by atoms with Gasteiger partial charge in [-0.05, 0) is 43.9 Å². The molecule has 1 aromatic rings. The van der Waals surface area contributed by atoms with E-state index in [0.29, 0.717) is 37.9 Å². The van der Waals surface area contributed by atoms with Crippen molar-refractivity contribution >= 4 is 11.8 Å². The van der Waals surface area contributed by atoms with Crippen LogP contribution in [-0.2, 0) is 4.79 Å². The topological polar surface area (TPSA) is 49.4 Å². The lowest BCUT2D eigenvalue weighted by atomic mass is 9.76. The van der Waals surface area contributed by atoms with Gasteiger partial charge in [-0.1, -0.05) is 12.5 Å². The van der Waals surface area contributed by atoms with Crippen LogP contribution in [0.2, 0.25) is 0 Å². The van der Waals surface area contributed by atoms with Gasteiger partial charge in [0.2, 0.25) is 5.91 Å². The lowest BCUT2D eigenvalue weighted by Gasteiger charge is -2.39. The highest BCUT2D eigenvalue weighted by molar-refractivity contribution is 5.94. The van der Waals surface area contributed by atoms with E-state index in [1.54, 1.807) is 11.0 Å². The number of carbonyl (C=O) groups excluding carboxylic acids is 2. The first-order valence-corrected chi connectivity index (χ1v) is 9.54. The minimum absolute atomic E-state index is 0.177. The average molecular weight is 380 g/mol. The molecule has 0 radical (unpaired) electrons. The van der Waals surface area contributed by atoms with Crippen molar-refractivity contribution in [1.82, 2.24) is 10.2 Å². The average Bonchev–Trinajstić information content (AvgIpc) is 3.25. The van der Waals surface area contributed by atoms with Crippen LogP contribution in [-0.4, -0.2) is 41.8 Å². The molecule has 27 heavy (non-hydrogen) atoms. The van der Waals surface area contributed by atoms with Crippen LogP contribution in [0.3, 0.4) is 0 Å². The third-order valence-electron chi connectivity index (χ3n) is 6.56. The number of benzene rings is 1. The normalized spacial score (nSPS) is 31.7. The van der Waals surface area contributed by atoms with E-state index >= 15 is 0 Å². The van der Waals surface area contributed by atoms with Crippen molar-refractivity contribution in [3.63, 3.8) is 0 Å². The Hall–Kier alpha value is -2.05. The molecule has 0 unspecified atom stereocenters. The Labute approximate surface area is 156 Å². The number of hydrogen-bond donors (Lipinski definition) is 1. The molecule has 0 bridgehead atoms. The Balaban J connectivity index is 1.45. The Morgan fingerprint density at radius 2 is 1.96 bits per heavy atom. The third kappa shape index (κ3) is 3.21. The lowest BCUT2D eigenvalue weighted by molar-refractivity contribution is -0.142. The fourth-order valence-electron chi connectivity index (χ4n) is 4.87. The molecule has 1 N–H and O–H groups in total. The summed E-state index contributed by atoms with van der Waals surface area (Å²) in [7, 11) is 0. The van der Waals surface area contributed by atoms with Crippen molar-refractivity contribution in [2.75, 3.05) is 13.1 Å². The van der Waals surface area contributed by atoms with Gasteiger partial charge in [0.25, 0.3) is 11.8 Å². The number of carbonyl (C=O) groups is 2. The van der Waals surface area contributed by atoms with Crippen molar-refractivity contribution in [2.24, 2.45) is 11.3 Å². The van der Waals surface area contributed by atoms with Crippen molar-refractivity contribution < 1.29 is 22.8 Å². The molecule has 1 aromatic carbocycles. The molecule has 1 aliphatic heterocycles. The second kappa shape index (κ2) is 6.53. The first-order chi connectivity index (χ1) is 12.8. The van der Waals surface area contributed by atoms with Gasteiger partial charge in [0.15, 0.2) is 0 Å². The number of alkyl halides is 2. The van der Waals surface area contributed by atoms with E-state index in [-0.39, 0.29) is 29.6 Å². The van der Waals surface area contributed by atoms with Crippen LogP contribution in [0.5, 0.6) is 0 Å². The summed E-state index contributed by atoms with van der Waals surface area (Å²) in [6.07, 6.45) is 3.12. The van der Waals surface area contributed by atoms with Gasteiger partial charge in [0, 0.05) is 36.4 Å². The number of nitrogens with one attached hydrogen (secondary N) is 1. The Morgan fingerprint density at radius 1 is 1.15 bits per heavy atom. The zero-order chi connectivity index (χ0) is 19.2. The quantitative estimate of drug-likeness (QED) is 0.874. The predicted molar refractivity (Wildman–Crippen MR) is 92.8 cm³/mol. The van der Waals surface area contributed by atoms with E-state index in [1.807, 2.05) is 0 Å². The molecular formula is C20H23F3N2O2. The molecule has 2 saturated carbocycles. The van der Waals surface area contributed by atoms with E-state index < -0.39 is 17.8 Å². The molecule has 4 rings (SSSR count). The zero-order valence-electron chi connectivity index (χ0n) is 15.0. The van der Waals surface area contributed by atoms with Gasteiger partial charge in [-0.2, -0.15) is 0 Å². The molecule has 1 spiro atoms. The van der Waals surface area contributed by atoms with E-state index in [0.717, 1.165) is 12.8 Å². The molecule has 146 valence electrons. The van der Waals surface area contributed by atoms with Crippen LogP contribution in [0.1, 0.15) is 48.9 Å². The maximum absolute atomic E-state index is 13.5. The predicted octanol–water partition coefficient (Wildman–Crippen LogP) is 3.37. The minimum Gasteiger partial charge on any atom is -0.347 e. The van der Waals surface area contributed by atoms with Crippen LogP contribution >= 0.6 is 0 Å². The Kier molecular flexibility index (Phi) is 4.43. The molecule has 7 heteroatoms. The molecule has 2 amide bonds. The van der Waals surface area contributed by atoms with Crippen LogP contribution in [0.15, 0.2) is 24.3 Å². The van der Waals surface area contributed by atoms with Crippen molar-refractivity contribution in [3.8, 4) is 0 Å². The van der Waals surface area contributed by atoms with E-state index in [1.165, 1.54) is 18.2 Å². The summed E-state index contributed by atoms with van der Waals surface area (Å²) in [4.78, 5) is 27.0. The number of halogens is 3. The zero-order valence-corrected chi connectivity index (χ0v) is 15.0. The smallest absolute Gasteiger partial charge is 0.267 e. The molecule has 1 heterocycles. The summed E-state index contributed by atoms with van der Waals surface area (Å²) in [5.41, 5.74) is -0.0632. The fourth-order valence-corrected chi connectivity index (χ4v) is 4.87. The van der Waals surface area contributed by atoms with Crippen molar-refractivity contribution in [1.29, 1.82) is 0 Å². The SMILES string of the molecule is O=C(N[C@@H]1CCC1(F)F)[C@H]1CCC[C@]12CCN(C(=O)c1cccc(F)c1)C2. The van der Waals surface area contributed by atoms with Crippen LogP contribution in [0.25, 0.3) is 0 Å². The molecule has 3 aliphatic rings. The standard InChI is InChI=1S/C20H23F3N2O2/c21-14-4-1-3-13(11-14)18(27)25-10-9-19(12-25)7-2-5-15(19)17(26)24-16-6-8-20(16,22)23/h1,3-4,11,15-16H,2,5-10,12H2,(H,24,26)/t15-,16-,19-/m1/s1. The van der Waals surface area contributed by atoms with Crippen molar-refractivity contribution in [2.45, 2.75) is 50.5 Å². The van der Waals surface area contributed by atoms with Gasteiger partial charge >= 0.3 is 0 Å². The van der Waals surface area contributed by atoms with Gasteiger partial charge in [-0.3, -0.25) is 9.59 Å². The number of nitrogens with zero attached hydrogens (tertiary/aromatic N) is 1. The number of amides is 2. The van der Waals surface area contributed by atoms with E-state index in [9.17, 15) is 22.8 Å². The first kappa shape index (κ1) is 18.3. The summed E-state index contributed by atoms with van der Waals surface area (Å²) in [5, 5.41) is 2.54. The second-order valence-electron chi connectivity index (χ2n) is 8.16. The van der Waals surface area contributed by atoms with Gasteiger partial charge in [-0.25, -0.2) is 13.2 Å². The lowest BCUT2D eigenvalue weighted by Crippen LogP contribution is -2.57. The number of rotatable bonds is 3. The molecule has 2 aliphatic carbocycles. The van der Waals surface area contributed by atoms with Crippen LogP contribution in [0.4, 0.5) is 13.2 Å². The Morgan fingerprint density at radius 3 is 2.63 bits per heavy atom. The summed E-state index contributed by atoms with van der Waals surface area (Å²) < 4.78 is 40.4. The van der Waals surface area contributed by atoms with Gasteiger partial charge in [0.1, 0.15) is 5.82 Å². The third-order valence-corrected chi connectivity index (χ3v) is 6.56. The second-order valence-corrected chi connectivity index (χ2v) is 8.16. The van der Waals surface area contributed by atoms with Gasteiger partial charge in [0.05, 0.1) is 6.04 Å². The molecule has 3 fully saturated rings. The maximum Gasteiger partial charge on any atom is 0.267 e. The summed E-state index contributed by atoms with van der Waals surface area (Å²) in [5.74, 6) is -4.18.